The highest BCUT2D eigenvalue weighted by atomic mass is 16.3. The lowest BCUT2D eigenvalue weighted by molar-refractivity contribution is -0.121. The molecule has 0 unspecified atom stereocenters. The van der Waals surface area contributed by atoms with Crippen molar-refractivity contribution in [3.63, 3.8) is 0 Å². The van der Waals surface area contributed by atoms with Gasteiger partial charge in [-0.2, -0.15) is 0 Å². The van der Waals surface area contributed by atoms with Crippen LogP contribution in [-0.4, -0.2) is 35.7 Å². The summed E-state index contributed by atoms with van der Waals surface area (Å²) in [5.41, 5.74) is -0.610. The lowest BCUT2D eigenvalue weighted by Crippen LogP contribution is -2.47. The molecular formula is C16H32N2O2. The SMILES string of the molecule is CCC1CCC(O)(CNCC(=O)NC(CC)CC)CC1. The van der Waals surface area contributed by atoms with E-state index in [0.717, 1.165) is 44.4 Å². The van der Waals surface area contributed by atoms with Gasteiger partial charge in [-0.3, -0.25) is 4.79 Å². The molecule has 1 saturated carbocycles. The standard InChI is InChI=1S/C16H32N2O2/c1-4-13-7-9-16(20,10-8-13)12-17-11-15(19)18-14(5-2)6-3/h13-14,17,20H,4-12H2,1-3H3,(H,18,19). The molecule has 0 saturated heterocycles. The molecule has 4 nitrogen and oxygen atoms in total. The van der Waals surface area contributed by atoms with E-state index in [1.54, 1.807) is 0 Å². The molecule has 1 rings (SSSR count). The minimum absolute atomic E-state index is 0.0320. The number of amides is 1. The number of rotatable bonds is 8. The predicted octanol–water partition coefficient (Wildman–Crippen LogP) is 2.21. The summed E-state index contributed by atoms with van der Waals surface area (Å²) in [6, 6.07) is 0.271. The molecule has 0 atom stereocenters. The van der Waals surface area contributed by atoms with Crippen molar-refractivity contribution < 1.29 is 9.90 Å². The van der Waals surface area contributed by atoms with Crippen LogP contribution in [0.15, 0.2) is 0 Å². The molecule has 1 aliphatic carbocycles. The van der Waals surface area contributed by atoms with Crippen LogP contribution in [0.2, 0.25) is 0 Å². The number of carbonyl (C=O) groups excluding carboxylic acids is 1. The largest absolute Gasteiger partial charge is 0.389 e. The number of aliphatic hydroxyl groups is 1. The summed E-state index contributed by atoms with van der Waals surface area (Å²) in [6.45, 7) is 7.21. The molecule has 0 radical (unpaired) electrons. The maximum absolute atomic E-state index is 11.8. The summed E-state index contributed by atoms with van der Waals surface area (Å²) in [5, 5.41) is 16.6. The van der Waals surface area contributed by atoms with E-state index in [4.69, 9.17) is 0 Å². The highest BCUT2D eigenvalue weighted by molar-refractivity contribution is 5.78. The molecule has 1 fully saturated rings. The summed E-state index contributed by atoms with van der Waals surface area (Å²) in [7, 11) is 0. The van der Waals surface area contributed by atoms with E-state index < -0.39 is 5.60 Å². The van der Waals surface area contributed by atoms with Crippen LogP contribution in [0.5, 0.6) is 0 Å². The zero-order chi connectivity index (χ0) is 15.0. The van der Waals surface area contributed by atoms with E-state index in [-0.39, 0.29) is 11.9 Å². The smallest absolute Gasteiger partial charge is 0.234 e. The first-order valence-corrected chi connectivity index (χ1v) is 8.25. The van der Waals surface area contributed by atoms with Gasteiger partial charge >= 0.3 is 0 Å². The number of hydrogen-bond donors (Lipinski definition) is 3. The third-order valence-corrected chi connectivity index (χ3v) is 4.70. The Morgan fingerprint density at radius 2 is 1.85 bits per heavy atom. The highest BCUT2D eigenvalue weighted by Gasteiger charge is 2.32. The van der Waals surface area contributed by atoms with Gasteiger partial charge in [0.25, 0.3) is 0 Å². The average Bonchev–Trinajstić information content (AvgIpc) is 2.45. The van der Waals surface area contributed by atoms with Gasteiger partial charge in [0.15, 0.2) is 0 Å². The predicted molar refractivity (Wildman–Crippen MR) is 82.6 cm³/mol. The van der Waals surface area contributed by atoms with Gasteiger partial charge in [0, 0.05) is 12.6 Å². The molecule has 20 heavy (non-hydrogen) atoms. The molecule has 0 aromatic rings. The molecule has 4 heteroatoms. The van der Waals surface area contributed by atoms with Crippen molar-refractivity contribution in [1.82, 2.24) is 10.6 Å². The van der Waals surface area contributed by atoms with E-state index in [2.05, 4.69) is 31.4 Å². The van der Waals surface area contributed by atoms with Gasteiger partial charge in [-0.1, -0.05) is 27.2 Å². The molecule has 1 aliphatic rings. The zero-order valence-corrected chi connectivity index (χ0v) is 13.4. The monoisotopic (exact) mass is 284 g/mol. The molecular weight excluding hydrogens is 252 g/mol. The molecule has 0 aromatic heterocycles. The van der Waals surface area contributed by atoms with Crippen molar-refractivity contribution in [2.45, 2.75) is 77.4 Å². The van der Waals surface area contributed by atoms with E-state index in [1.165, 1.54) is 6.42 Å². The van der Waals surface area contributed by atoms with Crippen LogP contribution in [0.25, 0.3) is 0 Å². The van der Waals surface area contributed by atoms with Crippen LogP contribution < -0.4 is 10.6 Å². The second kappa shape index (κ2) is 8.63. The maximum atomic E-state index is 11.8. The van der Waals surface area contributed by atoms with Crippen molar-refractivity contribution >= 4 is 5.91 Å². The van der Waals surface area contributed by atoms with Crippen LogP contribution >= 0.6 is 0 Å². The van der Waals surface area contributed by atoms with Gasteiger partial charge < -0.3 is 15.7 Å². The molecule has 0 aliphatic heterocycles. The van der Waals surface area contributed by atoms with Gasteiger partial charge in [0.1, 0.15) is 0 Å². The van der Waals surface area contributed by atoms with Gasteiger partial charge in [-0.25, -0.2) is 0 Å². The normalized spacial score (nSPS) is 26.8. The van der Waals surface area contributed by atoms with Crippen molar-refractivity contribution in [3.8, 4) is 0 Å². The van der Waals surface area contributed by atoms with Gasteiger partial charge in [-0.15, -0.1) is 0 Å². The Hall–Kier alpha value is -0.610. The van der Waals surface area contributed by atoms with E-state index in [9.17, 15) is 9.90 Å². The topological polar surface area (TPSA) is 61.4 Å². The van der Waals surface area contributed by atoms with Gasteiger partial charge in [0.05, 0.1) is 12.1 Å². The van der Waals surface area contributed by atoms with E-state index in [1.807, 2.05) is 0 Å². The van der Waals surface area contributed by atoms with Crippen LogP contribution in [0.3, 0.4) is 0 Å². The summed E-state index contributed by atoms with van der Waals surface area (Å²) in [6.07, 6.45) is 7.05. The molecule has 0 aromatic carbocycles. The lowest BCUT2D eigenvalue weighted by atomic mass is 9.78. The Kier molecular flexibility index (Phi) is 7.52. The first-order valence-electron chi connectivity index (χ1n) is 8.25. The zero-order valence-electron chi connectivity index (χ0n) is 13.4. The Bertz CT molecular complexity index is 282. The van der Waals surface area contributed by atoms with E-state index >= 15 is 0 Å². The second-order valence-electron chi connectivity index (χ2n) is 6.26. The molecule has 0 spiro atoms. The Morgan fingerprint density at radius 3 is 2.35 bits per heavy atom. The molecule has 3 N–H and O–H groups in total. The Balaban J connectivity index is 2.21. The quantitative estimate of drug-likeness (QED) is 0.640. The third-order valence-electron chi connectivity index (χ3n) is 4.70. The molecule has 118 valence electrons. The summed E-state index contributed by atoms with van der Waals surface area (Å²) in [5.74, 6) is 0.804. The fourth-order valence-corrected chi connectivity index (χ4v) is 2.98. The summed E-state index contributed by atoms with van der Waals surface area (Å²) >= 11 is 0. The van der Waals surface area contributed by atoms with Gasteiger partial charge in [-0.05, 0) is 44.4 Å². The first kappa shape index (κ1) is 17.4. The maximum Gasteiger partial charge on any atom is 0.234 e. The minimum atomic E-state index is -0.610. The van der Waals surface area contributed by atoms with E-state index in [0.29, 0.717) is 13.1 Å². The molecule has 0 bridgehead atoms. The molecule has 1 amide bonds. The van der Waals surface area contributed by atoms with Crippen molar-refractivity contribution in [2.75, 3.05) is 13.1 Å². The minimum Gasteiger partial charge on any atom is -0.389 e. The van der Waals surface area contributed by atoms with Crippen molar-refractivity contribution in [2.24, 2.45) is 5.92 Å². The fraction of sp³-hybridized carbons (Fsp3) is 0.938. The Labute approximate surface area is 123 Å². The summed E-state index contributed by atoms with van der Waals surface area (Å²) < 4.78 is 0. The number of hydrogen-bond acceptors (Lipinski definition) is 3. The fourth-order valence-electron chi connectivity index (χ4n) is 2.98. The number of nitrogens with one attached hydrogen (secondary N) is 2. The van der Waals surface area contributed by atoms with Gasteiger partial charge in [0.2, 0.25) is 5.91 Å². The number of carbonyl (C=O) groups is 1. The lowest BCUT2D eigenvalue weighted by Gasteiger charge is -2.36. The van der Waals surface area contributed by atoms with Crippen LogP contribution in [-0.2, 0) is 4.79 Å². The Morgan fingerprint density at radius 1 is 1.25 bits per heavy atom. The van der Waals surface area contributed by atoms with Crippen LogP contribution in [0, 0.1) is 5.92 Å². The van der Waals surface area contributed by atoms with Crippen LogP contribution in [0.4, 0.5) is 0 Å². The average molecular weight is 284 g/mol. The summed E-state index contributed by atoms with van der Waals surface area (Å²) in [4.78, 5) is 11.8. The van der Waals surface area contributed by atoms with Crippen LogP contribution in [0.1, 0.15) is 65.7 Å². The second-order valence-corrected chi connectivity index (χ2v) is 6.26. The van der Waals surface area contributed by atoms with Crippen molar-refractivity contribution in [1.29, 1.82) is 0 Å². The highest BCUT2D eigenvalue weighted by Crippen LogP contribution is 2.33. The first-order chi connectivity index (χ1) is 9.53. The molecule has 0 heterocycles. The van der Waals surface area contributed by atoms with Crippen molar-refractivity contribution in [3.05, 3.63) is 0 Å². The third kappa shape index (κ3) is 5.80.